The molecule has 100 valence electrons. The molecule has 0 bridgehead atoms. The Morgan fingerprint density at radius 2 is 2.17 bits per heavy atom. The van der Waals surface area contributed by atoms with E-state index in [0.29, 0.717) is 12.5 Å². The molecule has 4 heteroatoms. The molecule has 1 aliphatic heterocycles. The number of carbonyl (C=O) groups is 1. The number of nitrogens with one attached hydrogen (secondary N) is 2. The molecule has 0 radical (unpaired) electrons. The minimum Gasteiger partial charge on any atom is -0.326 e. The van der Waals surface area contributed by atoms with Gasteiger partial charge in [-0.05, 0) is 56.5 Å². The second-order valence-electron chi connectivity index (χ2n) is 4.84. The lowest BCUT2D eigenvalue weighted by atomic mass is 10.1. The van der Waals surface area contributed by atoms with Gasteiger partial charge in [-0.2, -0.15) is 0 Å². The van der Waals surface area contributed by atoms with E-state index in [1.54, 1.807) is 0 Å². The van der Waals surface area contributed by atoms with Gasteiger partial charge in [-0.25, -0.2) is 0 Å². The number of benzene rings is 1. The smallest absolute Gasteiger partial charge is 0.225 e. The third-order valence-corrected chi connectivity index (χ3v) is 3.38. The molecule has 1 amide bonds. The Kier molecular flexibility index (Phi) is 5.63. The van der Waals surface area contributed by atoms with Crippen molar-refractivity contribution < 1.29 is 4.79 Å². The van der Waals surface area contributed by atoms with E-state index >= 15 is 0 Å². The highest BCUT2D eigenvalue weighted by Crippen LogP contribution is 2.15. The fraction of sp³-hybridized carbons (Fsp3) is 0.500. The molecule has 1 unspecified atom stereocenters. The van der Waals surface area contributed by atoms with Crippen LogP contribution < -0.4 is 10.6 Å². The minimum atomic E-state index is 0. The molecule has 0 saturated carbocycles. The van der Waals surface area contributed by atoms with Crippen LogP contribution in [0, 0.1) is 13.8 Å². The molecule has 0 aromatic heterocycles. The molecule has 2 rings (SSSR count). The highest BCUT2D eigenvalue weighted by Gasteiger charge is 2.17. The Morgan fingerprint density at radius 1 is 1.39 bits per heavy atom. The van der Waals surface area contributed by atoms with Crippen LogP contribution in [0.2, 0.25) is 0 Å². The first-order valence-corrected chi connectivity index (χ1v) is 6.25. The van der Waals surface area contributed by atoms with Crippen LogP contribution in [0.1, 0.15) is 30.4 Å². The van der Waals surface area contributed by atoms with Gasteiger partial charge < -0.3 is 10.6 Å². The highest BCUT2D eigenvalue weighted by molar-refractivity contribution is 5.91. The van der Waals surface area contributed by atoms with Gasteiger partial charge in [0.1, 0.15) is 0 Å². The normalized spacial score (nSPS) is 18.2. The Morgan fingerprint density at radius 3 is 2.78 bits per heavy atom. The standard InChI is InChI=1S/C14H20N2O.ClH/c1-10-5-6-13(8-11(10)2)16-14(17)9-12-4-3-7-15-12;/h5-6,8,12,15H,3-4,7,9H2,1-2H3,(H,16,17);1H. The molecule has 2 N–H and O–H groups in total. The van der Waals surface area contributed by atoms with Gasteiger partial charge >= 0.3 is 0 Å². The Bertz CT molecular complexity index is 414. The molecule has 1 aromatic rings. The first-order valence-electron chi connectivity index (χ1n) is 6.25. The van der Waals surface area contributed by atoms with Crippen LogP contribution in [0.5, 0.6) is 0 Å². The summed E-state index contributed by atoms with van der Waals surface area (Å²) >= 11 is 0. The number of aryl methyl sites for hydroxylation is 2. The zero-order chi connectivity index (χ0) is 12.3. The van der Waals surface area contributed by atoms with E-state index in [2.05, 4.69) is 24.5 Å². The van der Waals surface area contributed by atoms with Crippen LogP contribution in [0.15, 0.2) is 18.2 Å². The molecular formula is C14H21ClN2O. The number of amides is 1. The average molecular weight is 269 g/mol. The number of anilines is 1. The quantitative estimate of drug-likeness (QED) is 0.885. The van der Waals surface area contributed by atoms with E-state index in [9.17, 15) is 4.79 Å². The minimum absolute atomic E-state index is 0. The van der Waals surface area contributed by atoms with E-state index in [-0.39, 0.29) is 18.3 Å². The van der Waals surface area contributed by atoms with Crippen molar-refractivity contribution in [2.75, 3.05) is 11.9 Å². The van der Waals surface area contributed by atoms with E-state index in [4.69, 9.17) is 0 Å². The van der Waals surface area contributed by atoms with Gasteiger partial charge in [-0.15, -0.1) is 12.4 Å². The molecule has 0 spiro atoms. The first-order chi connectivity index (χ1) is 8.15. The van der Waals surface area contributed by atoms with Crippen molar-refractivity contribution in [2.45, 2.75) is 39.2 Å². The fourth-order valence-corrected chi connectivity index (χ4v) is 2.19. The Labute approximate surface area is 115 Å². The van der Waals surface area contributed by atoms with E-state index < -0.39 is 0 Å². The summed E-state index contributed by atoms with van der Waals surface area (Å²) in [5, 5.41) is 6.29. The molecule has 0 aliphatic carbocycles. The van der Waals surface area contributed by atoms with Crippen molar-refractivity contribution in [3.63, 3.8) is 0 Å². The number of halogens is 1. The van der Waals surface area contributed by atoms with Crippen molar-refractivity contribution in [1.29, 1.82) is 0 Å². The van der Waals surface area contributed by atoms with Crippen molar-refractivity contribution in [1.82, 2.24) is 5.32 Å². The van der Waals surface area contributed by atoms with E-state index in [1.165, 1.54) is 17.5 Å². The van der Waals surface area contributed by atoms with Crippen molar-refractivity contribution in [3.8, 4) is 0 Å². The van der Waals surface area contributed by atoms with Crippen LogP contribution in [0.4, 0.5) is 5.69 Å². The molecule has 3 nitrogen and oxygen atoms in total. The molecular weight excluding hydrogens is 248 g/mol. The zero-order valence-electron chi connectivity index (χ0n) is 11.0. The molecule has 1 fully saturated rings. The van der Waals surface area contributed by atoms with E-state index in [0.717, 1.165) is 18.7 Å². The molecule has 1 atom stereocenters. The van der Waals surface area contributed by atoms with Crippen molar-refractivity contribution >= 4 is 24.0 Å². The van der Waals surface area contributed by atoms with Crippen molar-refractivity contribution in [3.05, 3.63) is 29.3 Å². The summed E-state index contributed by atoms with van der Waals surface area (Å²) in [6, 6.07) is 6.39. The molecule has 1 saturated heterocycles. The van der Waals surface area contributed by atoms with Crippen LogP contribution in [-0.4, -0.2) is 18.5 Å². The lowest BCUT2D eigenvalue weighted by Gasteiger charge is -2.11. The van der Waals surface area contributed by atoms with Gasteiger partial charge in [0, 0.05) is 18.2 Å². The third kappa shape index (κ3) is 4.00. The SMILES string of the molecule is Cc1ccc(NC(=O)CC2CCCN2)cc1C.Cl. The highest BCUT2D eigenvalue weighted by atomic mass is 35.5. The van der Waals surface area contributed by atoms with Crippen molar-refractivity contribution in [2.24, 2.45) is 0 Å². The number of hydrogen-bond donors (Lipinski definition) is 2. The number of carbonyl (C=O) groups excluding carboxylic acids is 1. The summed E-state index contributed by atoms with van der Waals surface area (Å²) in [5.41, 5.74) is 3.36. The molecule has 1 aromatic carbocycles. The second kappa shape index (κ2) is 6.76. The molecule has 18 heavy (non-hydrogen) atoms. The van der Waals surface area contributed by atoms with Gasteiger partial charge in [0.2, 0.25) is 5.91 Å². The van der Waals surface area contributed by atoms with Gasteiger partial charge in [-0.3, -0.25) is 4.79 Å². The number of hydrogen-bond acceptors (Lipinski definition) is 2. The van der Waals surface area contributed by atoms with Gasteiger partial charge in [0.15, 0.2) is 0 Å². The monoisotopic (exact) mass is 268 g/mol. The summed E-state index contributed by atoms with van der Waals surface area (Å²) in [4.78, 5) is 11.8. The fourth-order valence-electron chi connectivity index (χ4n) is 2.19. The summed E-state index contributed by atoms with van der Waals surface area (Å²) in [7, 11) is 0. The number of rotatable bonds is 3. The maximum Gasteiger partial charge on any atom is 0.225 e. The van der Waals surface area contributed by atoms with Crippen LogP contribution in [0.3, 0.4) is 0 Å². The summed E-state index contributed by atoms with van der Waals surface area (Å²) in [6.07, 6.45) is 2.87. The van der Waals surface area contributed by atoms with Crippen LogP contribution in [-0.2, 0) is 4.79 Å². The predicted octanol–water partition coefficient (Wildman–Crippen LogP) is 2.81. The maximum absolute atomic E-state index is 11.8. The van der Waals surface area contributed by atoms with E-state index in [1.807, 2.05) is 18.2 Å². The maximum atomic E-state index is 11.8. The lowest BCUT2D eigenvalue weighted by molar-refractivity contribution is -0.116. The molecule has 1 aliphatic rings. The van der Waals surface area contributed by atoms with Gasteiger partial charge in [0.05, 0.1) is 0 Å². The lowest BCUT2D eigenvalue weighted by Crippen LogP contribution is -2.27. The Hall–Kier alpha value is -1.06. The van der Waals surface area contributed by atoms with Gasteiger partial charge in [0.25, 0.3) is 0 Å². The first kappa shape index (κ1) is 15.0. The topological polar surface area (TPSA) is 41.1 Å². The predicted molar refractivity (Wildman–Crippen MR) is 77.4 cm³/mol. The average Bonchev–Trinajstić information content (AvgIpc) is 2.76. The van der Waals surface area contributed by atoms with Crippen LogP contribution in [0.25, 0.3) is 0 Å². The largest absolute Gasteiger partial charge is 0.326 e. The summed E-state index contributed by atoms with van der Waals surface area (Å²) in [6.45, 7) is 5.18. The molecule has 1 heterocycles. The third-order valence-electron chi connectivity index (χ3n) is 3.38. The van der Waals surface area contributed by atoms with Gasteiger partial charge in [-0.1, -0.05) is 6.07 Å². The van der Waals surface area contributed by atoms with Crippen LogP contribution >= 0.6 is 12.4 Å². The second-order valence-corrected chi connectivity index (χ2v) is 4.84. The zero-order valence-corrected chi connectivity index (χ0v) is 11.8. The summed E-state index contributed by atoms with van der Waals surface area (Å²) < 4.78 is 0. The Balaban J connectivity index is 0.00000162. The summed E-state index contributed by atoms with van der Waals surface area (Å²) in [5.74, 6) is 0.104.